The Balaban J connectivity index is 1.16. The number of aromatic nitrogens is 3. The van der Waals surface area contributed by atoms with E-state index in [2.05, 4.69) is 91.0 Å². The van der Waals surface area contributed by atoms with Crippen LogP contribution < -0.4 is 0 Å². The minimum atomic E-state index is 0.608. The largest absolute Gasteiger partial charge is 0.456 e. The fourth-order valence-corrected chi connectivity index (χ4v) is 7.14. The highest BCUT2D eigenvalue weighted by Crippen LogP contribution is 2.40. The maximum atomic E-state index is 6.42. The second-order valence-electron chi connectivity index (χ2n) is 12.4. The zero-order valence-corrected chi connectivity index (χ0v) is 26.3. The SMILES string of the molecule is c1ccc(-c2nc(-c3ccccc3)nc(-c3cccc4oc5ccc(-c6ccc7c(ccc8ccc9ccccc9c87)c6)cc5c34)n2)cc1. The van der Waals surface area contributed by atoms with Crippen LogP contribution in [0, 0.1) is 0 Å². The number of rotatable bonds is 4. The highest BCUT2D eigenvalue weighted by molar-refractivity contribution is 6.20. The van der Waals surface area contributed by atoms with Gasteiger partial charge in [-0.3, -0.25) is 0 Å². The van der Waals surface area contributed by atoms with Crippen molar-refractivity contribution in [1.82, 2.24) is 15.0 Å². The van der Waals surface area contributed by atoms with Crippen molar-refractivity contribution in [2.24, 2.45) is 0 Å². The first-order valence-electron chi connectivity index (χ1n) is 16.4. The van der Waals surface area contributed by atoms with Crippen LogP contribution in [-0.2, 0) is 0 Å². The number of benzene rings is 8. The monoisotopic (exact) mass is 625 g/mol. The third-order valence-corrected chi connectivity index (χ3v) is 9.49. The Kier molecular flexibility index (Phi) is 6.15. The average molecular weight is 626 g/mol. The standard InChI is InChI=1S/C45H27N3O/c1-3-11-30(12-4-1)43-46-44(31-13-5-2-6-14-31)48-45(47-43)37-16-9-17-40-42(37)38-27-33(23-25-39(38)49-40)32-22-24-36-34(26-32)21-20-29-19-18-28-10-7-8-15-35(28)41(29)36/h1-27H. The first kappa shape index (κ1) is 27.5. The van der Waals surface area contributed by atoms with Gasteiger partial charge in [-0.15, -0.1) is 0 Å². The van der Waals surface area contributed by atoms with Gasteiger partial charge in [0, 0.05) is 27.5 Å². The predicted molar refractivity (Wildman–Crippen MR) is 201 cm³/mol. The zero-order chi connectivity index (χ0) is 32.3. The van der Waals surface area contributed by atoms with E-state index in [9.17, 15) is 0 Å². The van der Waals surface area contributed by atoms with Gasteiger partial charge in [-0.05, 0) is 67.7 Å². The summed E-state index contributed by atoms with van der Waals surface area (Å²) in [5.41, 5.74) is 6.67. The van der Waals surface area contributed by atoms with Gasteiger partial charge in [0.1, 0.15) is 11.2 Å². The van der Waals surface area contributed by atoms with Crippen molar-refractivity contribution < 1.29 is 4.42 Å². The maximum absolute atomic E-state index is 6.42. The molecule has 0 bridgehead atoms. The maximum Gasteiger partial charge on any atom is 0.164 e. The highest BCUT2D eigenvalue weighted by Gasteiger charge is 2.18. The summed E-state index contributed by atoms with van der Waals surface area (Å²) in [6.45, 7) is 0. The van der Waals surface area contributed by atoms with Gasteiger partial charge >= 0.3 is 0 Å². The molecular formula is C45H27N3O. The zero-order valence-electron chi connectivity index (χ0n) is 26.3. The first-order valence-corrected chi connectivity index (χ1v) is 16.4. The van der Waals surface area contributed by atoms with Gasteiger partial charge in [-0.1, -0.05) is 140 Å². The lowest BCUT2D eigenvalue weighted by molar-refractivity contribution is 0.669. The molecule has 0 radical (unpaired) electrons. The second kappa shape index (κ2) is 11.0. The minimum Gasteiger partial charge on any atom is -0.456 e. The van der Waals surface area contributed by atoms with Crippen molar-refractivity contribution in [2.75, 3.05) is 0 Å². The van der Waals surface area contributed by atoms with E-state index in [0.717, 1.165) is 49.8 Å². The van der Waals surface area contributed by atoms with Crippen LogP contribution in [0.5, 0.6) is 0 Å². The Labute approximate surface area is 282 Å². The molecule has 0 atom stereocenters. The number of hydrogen-bond donors (Lipinski definition) is 0. The summed E-state index contributed by atoms with van der Waals surface area (Å²) in [5, 5.41) is 9.57. The molecule has 0 aliphatic carbocycles. The molecule has 4 nitrogen and oxygen atoms in total. The fourth-order valence-electron chi connectivity index (χ4n) is 7.14. The lowest BCUT2D eigenvalue weighted by Crippen LogP contribution is -2.00. The topological polar surface area (TPSA) is 51.8 Å². The van der Waals surface area contributed by atoms with Crippen molar-refractivity contribution in [3.05, 3.63) is 164 Å². The van der Waals surface area contributed by atoms with Crippen molar-refractivity contribution >= 4 is 54.3 Å². The summed E-state index contributed by atoms with van der Waals surface area (Å²) >= 11 is 0. The van der Waals surface area contributed by atoms with E-state index in [0.29, 0.717) is 17.5 Å². The van der Waals surface area contributed by atoms with Gasteiger partial charge in [-0.25, -0.2) is 15.0 Å². The molecule has 0 saturated heterocycles. The Hall–Kier alpha value is -6.65. The van der Waals surface area contributed by atoms with E-state index in [1.807, 2.05) is 72.8 Å². The molecule has 4 heteroatoms. The molecule has 0 amide bonds. The normalized spacial score (nSPS) is 11.7. The van der Waals surface area contributed by atoms with Crippen LogP contribution in [0.25, 0.3) is 99.5 Å². The van der Waals surface area contributed by atoms with Crippen molar-refractivity contribution in [3.63, 3.8) is 0 Å². The molecule has 0 unspecified atom stereocenters. The molecule has 0 saturated carbocycles. The van der Waals surface area contributed by atoms with Crippen LogP contribution in [0.2, 0.25) is 0 Å². The van der Waals surface area contributed by atoms with Gasteiger partial charge in [0.2, 0.25) is 0 Å². The van der Waals surface area contributed by atoms with Crippen LogP contribution in [-0.4, -0.2) is 15.0 Å². The molecule has 0 aliphatic rings. The summed E-state index contributed by atoms with van der Waals surface area (Å²) in [6, 6.07) is 57.0. The van der Waals surface area contributed by atoms with Gasteiger partial charge < -0.3 is 4.42 Å². The lowest BCUT2D eigenvalue weighted by atomic mass is 9.94. The molecule has 49 heavy (non-hydrogen) atoms. The summed E-state index contributed by atoms with van der Waals surface area (Å²) in [6.07, 6.45) is 0. The molecule has 0 aliphatic heterocycles. The van der Waals surface area contributed by atoms with E-state index < -0.39 is 0 Å². The molecule has 10 rings (SSSR count). The lowest BCUT2D eigenvalue weighted by Gasteiger charge is -2.10. The molecule has 0 fully saturated rings. The summed E-state index contributed by atoms with van der Waals surface area (Å²) < 4.78 is 6.42. The Morgan fingerprint density at radius 1 is 0.327 bits per heavy atom. The average Bonchev–Trinajstić information content (AvgIpc) is 3.56. The summed E-state index contributed by atoms with van der Waals surface area (Å²) in [4.78, 5) is 15.0. The van der Waals surface area contributed by atoms with Gasteiger partial charge in [0.25, 0.3) is 0 Å². The van der Waals surface area contributed by atoms with Crippen LogP contribution in [0.3, 0.4) is 0 Å². The van der Waals surface area contributed by atoms with E-state index in [1.54, 1.807) is 0 Å². The number of nitrogens with zero attached hydrogens (tertiary/aromatic N) is 3. The van der Waals surface area contributed by atoms with E-state index in [-0.39, 0.29) is 0 Å². The summed E-state index contributed by atoms with van der Waals surface area (Å²) in [5.74, 6) is 1.87. The third kappa shape index (κ3) is 4.57. The number of hydrogen-bond acceptors (Lipinski definition) is 4. The molecule has 10 aromatic rings. The number of fused-ring (bicyclic) bond motifs is 8. The van der Waals surface area contributed by atoms with Crippen LogP contribution >= 0.6 is 0 Å². The van der Waals surface area contributed by atoms with Crippen LogP contribution in [0.1, 0.15) is 0 Å². The molecule has 228 valence electrons. The van der Waals surface area contributed by atoms with Gasteiger partial charge in [0.15, 0.2) is 17.5 Å². The highest BCUT2D eigenvalue weighted by atomic mass is 16.3. The first-order chi connectivity index (χ1) is 24.3. The quantitative estimate of drug-likeness (QED) is 0.183. The Morgan fingerprint density at radius 2 is 0.939 bits per heavy atom. The third-order valence-electron chi connectivity index (χ3n) is 9.49. The molecule has 0 N–H and O–H groups in total. The van der Waals surface area contributed by atoms with Gasteiger partial charge in [-0.2, -0.15) is 0 Å². The van der Waals surface area contributed by atoms with E-state index >= 15 is 0 Å². The fraction of sp³-hybridized carbons (Fsp3) is 0. The molecular weight excluding hydrogens is 599 g/mol. The van der Waals surface area contributed by atoms with Crippen LogP contribution in [0.15, 0.2) is 168 Å². The van der Waals surface area contributed by atoms with Crippen LogP contribution in [0.4, 0.5) is 0 Å². The molecule has 2 aromatic heterocycles. The smallest absolute Gasteiger partial charge is 0.164 e. The Morgan fingerprint density at radius 3 is 1.71 bits per heavy atom. The summed E-state index contributed by atoms with van der Waals surface area (Å²) in [7, 11) is 0. The van der Waals surface area contributed by atoms with Crippen molar-refractivity contribution in [3.8, 4) is 45.3 Å². The second-order valence-corrected chi connectivity index (χ2v) is 12.4. The van der Waals surface area contributed by atoms with Crippen molar-refractivity contribution in [1.29, 1.82) is 0 Å². The molecule has 0 spiro atoms. The minimum absolute atomic E-state index is 0.608. The van der Waals surface area contributed by atoms with Crippen molar-refractivity contribution in [2.45, 2.75) is 0 Å². The van der Waals surface area contributed by atoms with Gasteiger partial charge in [0.05, 0.1) is 0 Å². The van der Waals surface area contributed by atoms with E-state index in [1.165, 1.54) is 32.3 Å². The number of furan rings is 1. The molecule has 8 aromatic carbocycles. The molecule has 2 heterocycles. The Bertz CT molecular complexity index is 2820. The predicted octanol–water partition coefficient (Wildman–Crippen LogP) is 11.9. The van der Waals surface area contributed by atoms with E-state index in [4.69, 9.17) is 19.4 Å².